The van der Waals surface area contributed by atoms with Crippen molar-refractivity contribution in [3.05, 3.63) is 0 Å². The number of carbonyl (C=O) groups is 1. The quantitative estimate of drug-likeness (QED) is 0.670. The SMILES string of the molecule is CCCCOCCCC.CCOC(N)=O. The highest BCUT2D eigenvalue weighted by atomic mass is 16.5. The number of hydrogen-bond acceptors (Lipinski definition) is 3. The van der Waals surface area contributed by atoms with Gasteiger partial charge in [-0.2, -0.15) is 0 Å². The maximum atomic E-state index is 9.60. The van der Waals surface area contributed by atoms with E-state index in [2.05, 4.69) is 24.3 Å². The Morgan fingerprint density at radius 1 is 1.07 bits per heavy atom. The average molecular weight is 219 g/mol. The average Bonchev–Trinajstić information content (AvgIpc) is 2.18. The van der Waals surface area contributed by atoms with E-state index >= 15 is 0 Å². The number of ether oxygens (including phenoxy) is 2. The molecular formula is C11H25NO3. The summed E-state index contributed by atoms with van der Waals surface area (Å²) < 4.78 is 9.49. The Morgan fingerprint density at radius 2 is 1.53 bits per heavy atom. The van der Waals surface area contributed by atoms with Gasteiger partial charge in [0.2, 0.25) is 0 Å². The molecule has 0 aromatic heterocycles. The molecule has 0 saturated heterocycles. The molecule has 92 valence electrons. The van der Waals surface area contributed by atoms with E-state index in [9.17, 15) is 4.79 Å². The van der Waals surface area contributed by atoms with E-state index < -0.39 is 6.09 Å². The smallest absolute Gasteiger partial charge is 0.404 e. The van der Waals surface area contributed by atoms with Crippen molar-refractivity contribution in [2.45, 2.75) is 46.5 Å². The second-order valence-electron chi connectivity index (χ2n) is 3.07. The first-order valence-electron chi connectivity index (χ1n) is 5.68. The highest BCUT2D eigenvalue weighted by molar-refractivity contribution is 5.64. The summed E-state index contributed by atoms with van der Waals surface area (Å²) in [6.07, 6.45) is 4.20. The number of rotatable bonds is 7. The van der Waals surface area contributed by atoms with Crippen molar-refractivity contribution >= 4 is 6.09 Å². The third kappa shape index (κ3) is 24.6. The summed E-state index contributed by atoms with van der Waals surface area (Å²) in [6, 6.07) is 0. The standard InChI is InChI=1S/C8H18O.C3H7NO2/c1-3-5-7-9-8-6-4-2;1-2-6-3(4)5/h3-8H2,1-2H3;2H2,1H3,(H2,4,5). The molecule has 0 aromatic carbocycles. The summed E-state index contributed by atoms with van der Waals surface area (Å²) in [5.41, 5.74) is 4.54. The summed E-state index contributed by atoms with van der Waals surface area (Å²) in [5, 5.41) is 0. The maximum absolute atomic E-state index is 9.60. The Labute approximate surface area is 93.1 Å². The normalized spacial score (nSPS) is 9.00. The molecule has 15 heavy (non-hydrogen) atoms. The van der Waals surface area contributed by atoms with E-state index in [1.54, 1.807) is 6.92 Å². The number of nitrogens with two attached hydrogens (primary N) is 1. The van der Waals surface area contributed by atoms with E-state index in [-0.39, 0.29) is 0 Å². The molecule has 0 atom stereocenters. The van der Waals surface area contributed by atoms with Gasteiger partial charge >= 0.3 is 6.09 Å². The molecule has 0 heterocycles. The molecule has 0 spiro atoms. The van der Waals surface area contributed by atoms with Crippen LogP contribution in [-0.4, -0.2) is 25.9 Å². The minimum atomic E-state index is -0.711. The lowest BCUT2D eigenvalue weighted by molar-refractivity contribution is 0.128. The van der Waals surface area contributed by atoms with Crippen LogP contribution < -0.4 is 5.73 Å². The largest absolute Gasteiger partial charge is 0.450 e. The Balaban J connectivity index is 0. The third-order valence-corrected chi connectivity index (χ3v) is 1.57. The Hall–Kier alpha value is -0.770. The van der Waals surface area contributed by atoms with Crippen molar-refractivity contribution in [1.29, 1.82) is 0 Å². The second-order valence-corrected chi connectivity index (χ2v) is 3.07. The molecule has 0 bridgehead atoms. The first kappa shape index (κ1) is 16.7. The summed E-state index contributed by atoms with van der Waals surface area (Å²) in [4.78, 5) is 9.60. The van der Waals surface area contributed by atoms with Gasteiger partial charge in [-0.3, -0.25) is 0 Å². The zero-order valence-corrected chi connectivity index (χ0v) is 10.3. The molecule has 0 saturated carbocycles. The number of primary amides is 1. The number of carbonyl (C=O) groups excluding carboxylic acids is 1. The molecule has 0 rings (SSSR count). The molecule has 0 aliphatic heterocycles. The van der Waals surface area contributed by atoms with Crippen molar-refractivity contribution in [3.63, 3.8) is 0 Å². The van der Waals surface area contributed by atoms with Crippen molar-refractivity contribution in [3.8, 4) is 0 Å². The lowest BCUT2D eigenvalue weighted by Crippen LogP contribution is -2.11. The molecule has 4 nitrogen and oxygen atoms in total. The Kier molecular flexibility index (Phi) is 17.4. The van der Waals surface area contributed by atoms with Crippen molar-refractivity contribution in [2.24, 2.45) is 5.73 Å². The van der Waals surface area contributed by atoms with E-state index in [4.69, 9.17) is 4.74 Å². The van der Waals surface area contributed by atoms with Gasteiger partial charge in [-0.05, 0) is 19.8 Å². The highest BCUT2D eigenvalue weighted by Crippen LogP contribution is 1.91. The van der Waals surface area contributed by atoms with Gasteiger partial charge in [0.25, 0.3) is 0 Å². The first-order chi connectivity index (χ1) is 7.18. The topological polar surface area (TPSA) is 61.6 Å². The Bertz CT molecular complexity index is 123. The molecule has 2 N–H and O–H groups in total. The van der Waals surface area contributed by atoms with Gasteiger partial charge in [-0.1, -0.05) is 26.7 Å². The van der Waals surface area contributed by atoms with Crippen LogP contribution in [0.1, 0.15) is 46.5 Å². The molecule has 4 heteroatoms. The van der Waals surface area contributed by atoms with Gasteiger partial charge in [0.05, 0.1) is 6.61 Å². The summed E-state index contributed by atoms with van der Waals surface area (Å²) in [7, 11) is 0. The van der Waals surface area contributed by atoms with E-state index in [0.717, 1.165) is 13.2 Å². The lowest BCUT2D eigenvalue weighted by Gasteiger charge is -1.99. The van der Waals surface area contributed by atoms with Crippen LogP contribution in [0.3, 0.4) is 0 Å². The fourth-order valence-electron chi connectivity index (χ4n) is 0.737. The number of hydrogen-bond donors (Lipinski definition) is 1. The zero-order chi connectivity index (χ0) is 11.9. The zero-order valence-electron chi connectivity index (χ0n) is 10.3. The van der Waals surface area contributed by atoms with Crippen LogP contribution in [0, 0.1) is 0 Å². The number of amides is 1. The van der Waals surface area contributed by atoms with E-state index in [1.165, 1.54) is 25.7 Å². The van der Waals surface area contributed by atoms with Crippen LogP contribution in [0.5, 0.6) is 0 Å². The minimum Gasteiger partial charge on any atom is -0.450 e. The molecule has 0 aliphatic carbocycles. The van der Waals surface area contributed by atoms with Crippen molar-refractivity contribution in [1.82, 2.24) is 0 Å². The van der Waals surface area contributed by atoms with Crippen LogP contribution in [0.2, 0.25) is 0 Å². The summed E-state index contributed by atoms with van der Waals surface area (Å²) in [6.45, 7) is 8.33. The van der Waals surface area contributed by atoms with Gasteiger partial charge < -0.3 is 15.2 Å². The van der Waals surface area contributed by atoms with Crippen LogP contribution in [0.25, 0.3) is 0 Å². The summed E-state index contributed by atoms with van der Waals surface area (Å²) in [5.74, 6) is 0. The van der Waals surface area contributed by atoms with E-state index in [0.29, 0.717) is 6.61 Å². The lowest BCUT2D eigenvalue weighted by atomic mass is 10.3. The fraction of sp³-hybridized carbons (Fsp3) is 0.909. The highest BCUT2D eigenvalue weighted by Gasteiger charge is 1.84. The predicted molar refractivity (Wildman–Crippen MR) is 61.8 cm³/mol. The van der Waals surface area contributed by atoms with Gasteiger partial charge in [0, 0.05) is 13.2 Å². The molecule has 0 aromatic rings. The van der Waals surface area contributed by atoms with Gasteiger partial charge in [-0.25, -0.2) is 4.79 Å². The molecular weight excluding hydrogens is 194 g/mol. The van der Waals surface area contributed by atoms with Crippen LogP contribution in [-0.2, 0) is 9.47 Å². The Morgan fingerprint density at radius 3 is 1.73 bits per heavy atom. The van der Waals surface area contributed by atoms with Crippen molar-refractivity contribution < 1.29 is 14.3 Å². The molecule has 1 amide bonds. The number of unbranched alkanes of at least 4 members (excludes halogenated alkanes) is 2. The van der Waals surface area contributed by atoms with Crippen LogP contribution >= 0.6 is 0 Å². The van der Waals surface area contributed by atoms with Crippen molar-refractivity contribution in [2.75, 3.05) is 19.8 Å². The van der Waals surface area contributed by atoms with Crippen LogP contribution in [0.15, 0.2) is 0 Å². The minimum absolute atomic E-state index is 0.356. The van der Waals surface area contributed by atoms with Crippen LogP contribution in [0.4, 0.5) is 4.79 Å². The molecule has 0 radical (unpaired) electrons. The first-order valence-corrected chi connectivity index (χ1v) is 5.68. The molecule has 0 unspecified atom stereocenters. The summed E-state index contributed by atoms with van der Waals surface area (Å²) >= 11 is 0. The monoisotopic (exact) mass is 219 g/mol. The fourth-order valence-corrected chi connectivity index (χ4v) is 0.737. The molecule has 0 fully saturated rings. The second kappa shape index (κ2) is 15.7. The predicted octanol–water partition coefficient (Wildman–Crippen LogP) is 2.70. The van der Waals surface area contributed by atoms with Gasteiger partial charge in [-0.15, -0.1) is 0 Å². The third-order valence-electron chi connectivity index (χ3n) is 1.57. The van der Waals surface area contributed by atoms with Gasteiger partial charge in [0.1, 0.15) is 0 Å². The van der Waals surface area contributed by atoms with Gasteiger partial charge in [0.15, 0.2) is 0 Å². The molecule has 0 aliphatic rings. The van der Waals surface area contributed by atoms with E-state index in [1.807, 2.05) is 0 Å². The maximum Gasteiger partial charge on any atom is 0.404 e.